The van der Waals surface area contributed by atoms with Gasteiger partial charge in [0, 0.05) is 0 Å². The van der Waals surface area contributed by atoms with Crippen molar-refractivity contribution < 1.29 is 0 Å². The van der Waals surface area contributed by atoms with E-state index in [1.165, 1.54) is 27.8 Å². The third kappa shape index (κ3) is 3.96. The third-order valence-electron chi connectivity index (χ3n) is 3.76. The van der Waals surface area contributed by atoms with Crippen LogP contribution in [-0.4, -0.2) is 0 Å². The molecule has 0 N–H and O–H groups in total. The van der Waals surface area contributed by atoms with Gasteiger partial charge < -0.3 is 0 Å². The predicted octanol–water partition coefficient (Wildman–Crippen LogP) is 4.99. The zero-order valence-electron chi connectivity index (χ0n) is 12.2. The van der Waals surface area contributed by atoms with Crippen LogP contribution in [0.4, 0.5) is 0 Å². The quantitative estimate of drug-likeness (QED) is 0.657. The van der Waals surface area contributed by atoms with Gasteiger partial charge >= 0.3 is 0 Å². The number of rotatable bonds is 5. The molecule has 0 fully saturated rings. The lowest BCUT2D eigenvalue weighted by Gasteiger charge is -2.10. The molecule has 0 amide bonds. The van der Waals surface area contributed by atoms with Crippen molar-refractivity contribution in [2.45, 2.75) is 40.0 Å². The van der Waals surface area contributed by atoms with Crippen LogP contribution in [0.25, 0.3) is 0 Å². The van der Waals surface area contributed by atoms with Crippen LogP contribution >= 0.6 is 0 Å². The van der Waals surface area contributed by atoms with E-state index >= 15 is 0 Å². The van der Waals surface area contributed by atoms with Gasteiger partial charge in [-0.3, -0.25) is 0 Å². The molecule has 2 rings (SSSR count). The molecule has 0 aliphatic carbocycles. The Morgan fingerprint density at radius 2 is 1.68 bits per heavy atom. The molecule has 0 bridgehead atoms. The van der Waals surface area contributed by atoms with E-state index in [0.717, 1.165) is 19.3 Å². The van der Waals surface area contributed by atoms with Crippen molar-refractivity contribution in [1.82, 2.24) is 0 Å². The first-order valence-corrected chi connectivity index (χ1v) is 7.09. The second-order valence-electron chi connectivity index (χ2n) is 5.38. The van der Waals surface area contributed by atoms with Crippen LogP contribution in [-0.2, 0) is 12.8 Å². The summed E-state index contributed by atoms with van der Waals surface area (Å²) in [5.41, 5.74) is 7.13. The molecular formula is C19H23. The van der Waals surface area contributed by atoms with Crippen molar-refractivity contribution in [3.8, 4) is 0 Å². The van der Waals surface area contributed by atoms with E-state index < -0.39 is 0 Å². The van der Waals surface area contributed by atoms with Gasteiger partial charge in [-0.25, -0.2) is 0 Å². The Hall–Kier alpha value is -1.56. The van der Waals surface area contributed by atoms with Gasteiger partial charge in [0.05, 0.1) is 0 Å². The normalized spacial score (nSPS) is 10.7. The Morgan fingerprint density at radius 3 is 2.42 bits per heavy atom. The van der Waals surface area contributed by atoms with E-state index in [2.05, 4.69) is 69.7 Å². The Kier molecular flexibility index (Phi) is 4.79. The van der Waals surface area contributed by atoms with Crippen molar-refractivity contribution in [3.05, 3.63) is 76.7 Å². The molecule has 0 saturated carbocycles. The van der Waals surface area contributed by atoms with E-state index in [1.807, 2.05) is 0 Å². The maximum absolute atomic E-state index is 2.41. The second-order valence-corrected chi connectivity index (χ2v) is 5.38. The molecule has 2 aromatic rings. The Morgan fingerprint density at radius 1 is 0.947 bits per heavy atom. The van der Waals surface area contributed by atoms with E-state index in [0.29, 0.717) is 0 Å². The largest absolute Gasteiger partial charge is 0.0622 e. The zero-order valence-corrected chi connectivity index (χ0v) is 12.2. The van der Waals surface area contributed by atoms with Crippen molar-refractivity contribution >= 4 is 0 Å². The molecule has 0 aromatic heterocycles. The molecule has 0 unspecified atom stereocenters. The molecule has 19 heavy (non-hydrogen) atoms. The van der Waals surface area contributed by atoms with Crippen LogP contribution in [0.3, 0.4) is 0 Å². The SMILES string of the molecule is Cc1cc(C)c(C)c(C[CH]CCc2ccccc2)c1. The van der Waals surface area contributed by atoms with Crippen LogP contribution in [0.1, 0.15) is 34.2 Å². The van der Waals surface area contributed by atoms with Gasteiger partial charge in [-0.1, -0.05) is 48.0 Å². The Labute approximate surface area is 117 Å². The summed E-state index contributed by atoms with van der Waals surface area (Å²) < 4.78 is 0. The molecular weight excluding hydrogens is 228 g/mol. The highest BCUT2D eigenvalue weighted by atomic mass is 14.1. The average molecular weight is 251 g/mol. The summed E-state index contributed by atoms with van der Waals surface area (Å²) in [6.45, 7) is 6.62. The monoisotopic (exact) mass is 251 g/mol. The number of benzene rings is 2. The van der Waals surface area contributed by atoms with Crippen molar-refractivity contribution in [2.24, 2.45) is 0 Å². The van der Waals surface area contributed by atoms with Gasteiger partial charge in [-0.15, -0.1) is 0 Å². The first-order chi connectivity index (χ1) is 9.16. The number of aryl methyl sites for hydroxylation is 3. The minimum absolute atomic E-state index is 1.08. The van der Waals surface area contributed by atoms with Crippen LogP contribution in [0.5, 0.6) is 0 Å². The molecule has 0 aliphatic heterocycles. The Bertz CT molecular complexity index is 523. The lowest BCUT2D eigenvalue weighted by Crippen LogP contribution is -1.96. The number of hydrogen-bond donors (Lipinski definition) is 0. The van der Waals surface area contributed by atoms with Crippen LogP contribution in [0.2, 0.25) is 0 Å². The maximum atomic E-state index is 2.41. The Balaban J connectivity index is 1.86. The van der Waals surface area contributed by atoms with Gasteiger partial charge in [-0.05, 0) is 68.7 Å². The van der Waals surface area contributed by atoms with Gasteiger partial charge in [0.1, 0.15) is 0 Å². The molecule has 1 radical (unpaired) electrons. The maximum Gasteiger partial charge on any atom is -0.0245 e. The molecule has 0 spiro atoms. The number of unbranched alkanes of at least 4 members (excludes halogenated alkanes) is 1. The van der Waals surface area contributed by atoms with E-state index in [-0.39, 0.29) is 0 Å². The van der Waals surface area contributed by atoms with Crippen molar-refractivity contribution in [1.29, 1.82) is 0 Å². The third-order valence-corrected chi connectivity index (χ3v) is 3.76. The first-order valence-electron chi connectivity index (χ1n) is 7.09. The van der Waals surface area contributed by atoms with Gasteiger partial charge in [0.2, 0.25) is 0 Å². The highest BCUT2D eigenvalue weighted by Crippen LogP contribution is 2.18. The zero-order chi connectivity index (χ0) is 13.7. The molecule has 0 aliphatic rings. The predicted molar refractivity (Wildman–Crippen MR) is 83.4 cm³/mol. The molecule has 99 valence electrons. The van der Waals surface area contributed by atoms with Crippen molar-refractivity contribution in [2.75, 3.05) is 0 Å². The van der Waals surface area contributed by atoms with Gasteiger partial charge in [0.15, 0.2) is 0 Å². The van der Waals surface area contributed by atoms with Gasteiger partial charge in [0.25, 0.3) is 0 Å². The van der Waals surface area contributed by atoms with Crippen molar-refractivity contribution in [3.63, 3.8) is 0 Å². The van der Waals surface area contributed by atoms with Crippen LogP contribution in [0, 0.1) is 27.2 Å². The lowest BCUT2D eigenvalue weighted by atomic mass is 9.95. The fourth-order valence-corrected chi connectivity index (χ4v) is 2.51. The molecule has 0 heterocycles. The van der Waals surface area contributed by atoms with Gasteiger partial charge in [-0.2, -0.15) is 0 Å². The van der Waals surface area contributed by atoms with E-state index in [1.54, 1.807) is 0 Å². The van der Waals surface area contributed by atoms with Crippen LogP contribution < -0.4 is 0 Å². The van der Waals surface area contributed by atoms with E-state index in [4.69, 9.17) is 0 Å². The second kappa shape index (κ2) is 6.56. The standard InChI is InChI=1S/C19H23/c1-15-13-16(2)17(3)19(14-15)12-8-7-11-18-9-5-4-6-10-18/h4-6,8-10,13-14H,7,11-12H2,1-3H3. The summed E-state index contributed by atoms with van der Waals surface area (Å²) in [4.78, 5) is 0. The highest BCUT2D eigenvalue weighted by molar-refractivity contribution is 5.37. The summed E-state index contributed by atoms with van der Waals surface area (Å²) in [6.07, 6.45) is 5.79. The number of hydrogen-bond acceptors (Lipinski definition) is 0. The summed E-state index contributed by atoms with van der Waals surface area (Å²) in [6, 6.07) is 15.3. The first kappa shape index (κ1) is 13.9. The fourth-order valence-electron chi connectivity index (χ4n) is 2.51. The van der Waals surface area contributed by atoms with Crippen LogP contribution in [0.15, 0.2) is 42.5 Å². The van der Waals surface area contributed by atoms with E-state index in [9.17, 15) is 0 Å². The molecule has 2 aromatic carbocycles. The molecule has 0 atom stereocenters. The topological polar surface area (TPSA) is 0 Å². The fraction of sp³-hybridized carbons (Fsp3) is 0.316. The average Bonchev–Trinajstić information content (AvgIpc) is 2.41. The molecule has 0 saturated heterocycles. The highest BCUT2D eigenvalue weighted by Gasteiger charge is 2.03. The molecule has 0 heteroatoms. The minimum Gasteiger partial charge on any atom is -0.0622 e. The summed E-state index contributed by atoms with van der Waals surface area (Å²) in [5, 5.41) is 0. The summed E-state index contributed by atoms with van der Waals surface area (Å²) in [5.74, 6) is 0. The summed E-state index contributed by atoms with van der Waals surface area (Å²) >= 11 is 0. The molecule has 0 nitrogen and oxygen atoms in total. The lowest BCUT2D eigenvalue weighted by molar-refractivity contribution is 0.888. The summed E-state index contributed by atoms with van der Waals surface area (Å²) in [7, 11) is 0. The smallest absolute Gasteiger partial charge is 0.0245 e. The minimum atomic E-state index is 1.08.